The van der Waals surface area contributed by atoms with Crippen molar-refractivity contribution in [2.75, 3.05) is 24.9 Å². The number of rotatable bonds is 6. The summed E-state index contributed by atoms with van der Waals surface area (Å²) in [5, 5.41) is 6.08. The molecular formula is C16H17ClN4O3. The number of nitrogens with zero attached hydrogens (tertiary/aromatic N) is 2. The van der Waals surface area contributed by atoms with Crippen molar-refractivity contribution in [1.82, 2.24) is 9.97 Å². The van der Waals surface area contributed by atoms with E-state index in [0.29, 0.717) is 34.6 Å². The molecule has 8 heteroatoms. The van der Waals surface area contributed by atoms with Crippen molar-refractivity contribution in [2.24, 2.45) is 0 Å². The van der Waals surface area contributed by atoms with Gasteiger partial charge in [-0.05, 0) is 36.6 Å². The predicted molar refractivity (Wildman–Crippen MR) is 91.2 cm³/mol. The number of methoxy groups -OCH3 is 2. The van der Waals surface area contributed by atoms with Crippen LogP contribution in [0.4, 0.5) is 11.5 Å². The first-order valence-electron chi connectivity index (χ1n) is 7.43. The van der Waals surface area contributed by atoms with Crippen LogP contribution in [-0.4, -0.2) is 36.1 Å². The number of benzene rings is 1. The van der Waals surface area contributed by atoms with E-state index in [1.54, 1.807) is 18.2 Å². The zero-order valence-corrected chi connectivity index (χ0v) is 14.1. The molecule has 0 spiro atoms. The molecule has 0 radical (unpaired) electrons. The minimum atomic E-state index is -0.377. The number of halogens is 1. The molecule has 1 aromatic heterocycles. The molecule has 24 heavy (non-hydrogen) atoms. The number of amides is 1. The average molecular weight is 349 g/mol. The average Bonchev–Trinajstić information content (AvgIpc) is 3.39. The van der Waals surface area contributed by atoms with E-state index in [1.165, 1.54) is 20.4 Å². The van der Waals surface area contributed by atoms with Gasteiger partial charge in [0.05, 0.1) is 14.2 Å². The highest BCUT2D eigenvalue weighted by Crippen LogP contribution is 2.35. The standard InChI is InChI=1S/C16H17ClN4O3/c1-23-11-4-3-5-12(24-2)13(11)20-15(22)10-8-18-16(17)21-14(10)19-9-6-7-9/h3-5,8-9H,6-7H2,1-2H3,(H,20,22)(H,18,19,21). The first kappa shape index (κ1) is 16.3. The summed E-state index contributed by atoms with van der Waals surface area (Å²) in [6.45, 7) is 0. The largest absolute Gasteiger partial charge is 0.494 e. The van der Waals surface area contributed by atoms with Crippen molar-refractivity contribution in [3.05, 3.63) is 35.2 Å². The summed E-state index contributed by atoms with van der Waals surface area (Å²) < 4.78 is 10.6. The number of aromatic nitrogens is 2. The summed E-state index contributed by atoms with van der Waals surface area (Å²) in [5.74, 6) is 1.03. The van der Waals surface area contributed by atoms with E-state index in [1.807, 2.05) is 0 Å². The molecule has 1 aliphatic rings. The van der Waals surface area contributed by atoms with Crippen molar-refractivity contribution in [3.63, 3.8) is 0 Å². The predicted octanol–water partition coefficient (Wildman–Crippen LogP) is 2.97. The highest BCUT2D eigenvalue weighted by Gasteiger charge is 2.25. The van der Waals surface area contributed by atoms with Gasteiger partial charge in [0.15, 0.2) is 0 Å². The second-order valence-electron chi connectivity index (χ2n) is 5.31. The summed E-state index contributed by atoms with van der Waals surface area (Å²) in [7, 11) is 3.05. The van der Waals surface area contributed by atoms with Crippen LogP contribution in [0.3, 0.4) is 0 Å². The lowest BCUT2D eigenvalue weighted by atomic mass is 10.2. The van der Waals surface area contributed by atoms with Crippen molar-refractivity contribution in [3.8, 4) is 11.5 Å². The van der Waals surface area contributed by atoms with Crippen LogP contribution in [0.5, 0.6) is 11.5 Å². The van der Waals surface area contributed by atoms with Gasteiger partial charge in [-0.2, -0.15) is 4.98 Å². The van der Waals surface area contributed by atoms with E-state index >= 15 is 0 Å². The lowest BCUT2D eigenvalue weighted by Gasteiger charge is -2.15. The topological polar surface area (TPSA) is 85.4 Å². The number of carbonyl (C=O) groups is 1. The highest BCUT2D eigenvalue weighted by molar-refractivity contribution is 6.28. The van der Waals surface area contributed by atoms with Crippen LogP contribution in [0.25, 0.3) is 0 Å². The summed E-state index contributed by atoms with van der Waals surface area (Å²) in [4.78, 5) is 20.7. The molecule has 0 unspecified atom stereocenters. The number of hydrogen-bond donors (Lipinski definition) is 2. The van der Waals surface area contributed by atoms with Crippen LogP contribution in [0, 0.1) is 0 Å². The lowest BCUT2D eigenvalue weighted by Crippen LogP contribution is -2.18. The molecule has 0 saturated heterocycles. The molecule has 1 aliphatic carbocycles. The minimum Gasteiger partial charge on any atom is -0.494 e. The maximum atomic E-state index is 12.7. The van der Waals surface area contributed by atoms with Gasteiger partial charge in [0.25, 0.3) is 5.91 Å². The lowest BCUT2D eigenvalue weighted by molar-refractivity contribution is 0.102. The molecule has 0 atom stereocenters. The Morgan fingerprint density at radius 2 is 1.92 bits per heavy atom. The molecular weight excluding hydrogens is 332 g/mol. The second-order valence-corrected chi connectivity index (χ2v) is 5.65. The smallest absolute Gasteiger partial charge is 0.261 e. The minimum absolute atomic E-state index is 0.0876. The maximum absolute atomic E-state index is 12.7. The van der Waals surface area contributed by atoms with Gasteiger partial charge in [0, 0.05) is 12.2 Å². The molecule has 126 valence electrons. The van der Waals surface area contributed by atoms with Crippen molar-refractivity contribution in [2.45, 2.75) is 18.9 Å². The summed E-state index contributed by atoms with van der Waals surface area (Å²) >= 11 is 5.85. The summed E-state index contributed by atoms with van der Waals surface area (Å²) in [5.41, 5.74) is 0.749. The fourth-order valence-electron chi connectivity index (χ4n) is 2.21. The monoisotopic (exact) mass is 348 g/mol. The van der Waals surface area contributed by atoms with Crippen LogP contribution >= 0.6 is 11.6 Å². The van der Waals surface area contributed by atoms with Gasteiger partial charge in [-0.25, -0.2) is 4.98 Å². The molecule has 2 N–H and O–H groups in total. The number of para-hydroxylation sites is 1. The van der Waals surface area contributed by atoms with Gasteiger partial charge in [0.2, 0.25) is 5.28 Å². The Kier molecular flexibility index (Phi) is 4.71. The van der Waals surface area contributed by atoms with E-state index in [4.69, 9.17) is 21.1 Å². The van der Waals surface area contributed by atoms with Crippen LogP contribution in [0.2, 0.25) is 5.28 Å². The molecule has 0 aliphatic heterocycles. The molecule has 1 fully saturated rings. The Hall–Kier alpha value is -2.54. The Balaban J connectivity index is 1.90. The van der Waals surface area contributed by atoms with E-state index in [2.05, 4.69) is 20.6 Å². The quantitative estimate of drug-likeness (QED) is 0.781. The van der Waals surface area contributed by atoms with Crippen molar-refractivity contribution < 1.29 is 14.3 Å². The van der Waals surface area contributed by atoms with Gasteiger partial charge in [-0.3, -0.25) is 4.79 Å². The first-order valence-corrected chi connectivity index (χ1v) is 7.81. The molecule has 1 amide bonds. The third kappa shape index (κ3) is 3.51. The van der Waals surface area contributed by atoms with Gasteiger partial charge < -0.3 is 20.1 Å². The SMILES string of the molecule is COc1cccc(OC)c1NC(=O)c1cnc(Cl)nc1NC1CC1. The fourth-order valence-corrected chi connectivity index (χ4v) is 2.35. The highest BCUT2D eigenvalue weighted by atomic mass is 35.5. The number of anilines is 2. The molecule has 1 saturated carbocycles. The number of nitrogens with one attached hydrogen (secondary N) is 2. The van der Waals surface area contributed by atoms with Crippen molar-refractivity contribution >= 4 is 29.0 Å². The van der Waals surface area contributed by atoms with Crippen LogP contribution in [0.1, 0.15) is 23.2 Å². The van der Waals surface area contributed by atoms with E-state index in [0.717, 1.165) is 12.8 Å². The zero-order chi connectivity index (χ0) is 17.1. The normalized spacial score (nSPS) is 13.3. The Labute approximate surface area is 144 Å². The second kappa shape index (κ2) is 6.92. The molecule has 2 aromatic rings. The fraction of sp³-hybridized carbons (Fsp3) is 0.312. The van der Waals surface area contributed by atoms with Gasteiger partial charge in [-0.15, -0.1) is 0 Å². The molecule has 0 bridgehead atoms. The number of ether oxygens (including phenoxy) is 2. The van der Waals surface area contributed by atoms with Crippen molar-refractivity contribution in [1.29, 1.82) is 0 Å². The first-order chi connectivity index (χ1) is 11.6. The van der Waals surface area contributed by atoms with Gasteiger partial charge in [-0.1, -0.05) is 6.07 Å². The zero-order valence-electron chi connectivity index (χ0n) is 13.3. The van der Waals surface area contributed by atoms with Gasteiger partial charge in [0.1, 0.15) is 28.6 Å². The number of hydrogen-bond acceptors (Lipinski definition) is 6. The Morgan fingerprint density at radius 1 is 1.25 bits per heavy atom. The van der Waals surface area contributed by atoms with Crippen LogP contribution < -0.4 is 20.1 Å². The summed E-state index contributed by atoms with van der Waals surface area (Å²) in [6, 6.07) is 5.57. The molecule has 1 aromatic carbocycles. The third-order valence-corrected chi connectivity index (χ3v) is 3.77. The Bertz CT molecular complexity index is 743. The van der Waals surface area contributed by atoms with Crippen LogP contribution in [0.15, 0.2) is 24.4 Å². The van der Waals surface area contributed by atoms with E-state index < -0.39 is 0 Å². The number of carbonyl (C=O) groups excluding carboxylic acids is 1. The third-order valence-electron chi connectivity index (χ3n) is 3.59. The summed E-state index contributed by atoms with van der Waals surface area (Å²) in [6.07, 6.45) is 3.49. The van der Waals surface area contributed by atoms with E-state index in [-0.39, 0.29) is 11.2 Å². The van der Waals surface area contributed by atoms with Crippen LogP contribution in [-0.2, 0) is 0 Å². The maximum Gasteiger partial charge on any atom is 0.261 e. The molecule has 7 nitrogen and oxygen atoms in total. The Morgan fingerprint density at radius 3 is 2.50 bits per heavy atom. The molecule has 3 rings (SSSR count). The molecule has 1 heterocycles. The van der Waals surface area contributed by atoms with E-state index in [9.17, 15) is 4.79 Å². The van der Waals surface area contributed by atoms with Gasteiger partial charge >= 0.3 is 0 Å².